The zero-order chi connectivity index (χ0) is 22.9. The molecule has 1 fully saturated rings. The molecule has 0 spiro atoms. The van der Waals surface area contributed by atoms with Gasteiger partial charge in [-0.1, -0.05) is 61.5 Å². The summed E-state index contributed by atoms with van der Waals surface area (Å²) < 4.78 is 28.5. The summed E-state index contributed by atoms with van der Waals surface area (Å²) in [5, 5.41) is 10.4. The molecular weight excluding hydrogens is 448 g/mol. The number of carbonyl (C=O) groups is 1. The summed E-state index contributed by atoms with van der Waals surface area (Å²) in [6.07, 6.45) is 5.82. The van der Waals surface area contributed by atoms with Crippen LogP contribution in [0.5, 0.6) is 0 Å². The van der Waals surface area contributed by atoms with E-state index in [1.54, 1.807) is 25.2 Å². The Morgan fingerprint density at radius 1 is 1.12 bits per heavy atom. The van der Waals surface area contributed by atoms with Crippen LogP contribution in [0.1, 0.15) is 44.1 Å². The molecule has 1 saturated carbocycles. The van der Waals surface area contributed by atoms with Crippen LogP contribution >= 0.6 is 11.6 Å². The Labute approximate surface area is 193 Å². The molecule has 1 heterocycles. The van der Waals surface area contributed by atoms with E-state index in [-0.39, 0.29) is 22.4 Å². The molecule has 2 N–H and O–H groups in total. The van der Waals surface area contributed by atoms with Crippen molar-refractivity contribution in [2.75, 3.05) is 7.05 Å². The van der Waals surface area contributed by atoms with E-state index in [1.165, 1.54) is 4.31 Å². The minimum absolute atomic E-state index is 0.0436. The van der Waals surface area contributed by atoms with E-state index in [0.29, 0.717) is 16.8 Å². The molecule has 8 heteroatoms. The van der Waals surface area contributed by atoms with Crippen LogP contribution in [0.4, 0.5) is 0 Å². The second kappa shape index (κ2) is 9.25. The second-order valence-corrected chi connectivity index (χ2v) is 10.8. The number of nitrogens with one attached hydrogen (secondary N) is 1. The van der Waals surface area contributed by atoms with Crippen molar-refractivity contribution in [3.63, 3.8) is 0 Å². The van der Waals surface area contributed by atoms with Crippen molar-refractivity contribution < 1.29 is 18.3 Å². The molecule has 1 aliphatic carbocycles. The van der Waals surface area contributed by atoms with E-state index < -0.39 is 16.0 Å². The van der Waals surface area contributed by atoms with Gasteiger partial charge in [0.15, 0.2) is 0 Å². The smallest absolute Gasteiger partial charge is 0.307 e. The fourth-order valence-electron chi connectivity index (χ4n) is 4.61. The molecule has 0 unspecified atom stereocenters. The Morgan fingerprint density at radius 3 is 2.50 bits per heavy atom. The number of nitrogens with zero attached hydrogens (tertiary/aromatic N) is 1. The summed E-state index contributed by atoms with van der Waals surface area (Å²) in [6, 6.07) is 12.3. The van der Waals surface area contributed by atoms with Crippen molar-refractivity contribution in [1.29, 1.82) is 0 Å². The van der Waals surface area contributed by atoms with Gasteiger partial charge in [0.05, 0.1) is 17.1 Å². The number of aromatic amines is 1. The predicted octanol–water partition coefficient (Wildman–Crippen LogP) is 5.46. The molecule has 0 aliphatic heterocycles. The molecule has 0 saturated heterocycles. The van der Waals surface area contributed by atoms with Gasteiger partial charge < -0.3 is 10.1 Å². The van der Waals surface area contributed by atoms with Gasteiger partial charge >= 0.3 is 5.97 Å². The Bertz CT molecular complexity index is 1240. The van der Waals surface area contributed by atoms with Crippen molar-refractivity contribution in [3.05, 3.63) is 53.1 Å². The fraction of sp³-hybridized carbons (Fsp3) is 0.375. The van der Waals surface area contributed by atoms with E-state index in [9.17, 15) is 18.3 Å². The summed E-state index contributed by atoms with van der Waals surface area (Å²) in [4.78, 5) is 14.8. The van der Waals surface area contributed by atoms with Crippen LogP contribution in [-0.2, 0) is 21.2 Å². The van der Waals surface area contributed by atoms with Crippen molar-refractivity contribution in [1.82, 2.24) is 9.29 Å². The number of rotatable bonds is 6. The van der Waals surface area contributed by atoms with Gasteiger partial charge in [0.2, 0.25) is 10.0 Å². The lowest BCUT2D eigenvalue weighted by Gasteiger charge is -2.27. The Balaban J connectivity index is 1.79. The van der Waals surface area contributed by atoms with E-state index in [1.807, 2.05) is 24.3 Å². The molecule has 170 valence electrons. The molecule has 0 atom stereocenters. The zero-order valence-electron chi connectivity index (χ0n) is 18.0. The number of halogens is 1. The molecule has 0 radical (unpaired) electrons. The first-order chi connectivity index (χ1) is 15.3. The van der Waals surface area contributed by atoms with Crippen LogP contribution in [0, 0.1) is 0 Å². The van der Waals surface area contributed by atoms with Gasteiger partial charge in [-0.3, -0.25) is 4.79 Å². The molecule has 0 amide bonds. The number of para-hydroxylation sites is 1. The number of H-pyrrole nitrogens is 1. The summed E-state index contributed by atoms with van der Waals surface area (Å²) in [6.45, 7) is 0. The normalized spacial score (nSPS) is 15.8. The van der Waals surface area contributed by atoms with Gasteiger partial charge in [-0.25, -0.2) is 8.42 Å². The number of benzene rings is 2. The summed E-state index contributed by atoms with van der Waals surface area (Å²) >= 11 is 6.38. The Hall–Kier alpha value is -2.35. The third-order valence-corrected chi connectivity index (χ3v) is 8.75. The maximum absolute atomic E-state index is 13.5. The lowest BCUT2D eigenvalue weighted by atomic mass is 10.0. The minimum Gasteiger partial charge on any atom is -0.481 e. The van der Waals surface area contributed by atoms with Gasteiger partial charge in [-0.15, -0.1) is 0 Å². The van der Waals surface area contributed by atoms with E-state index in [0.717, 1.165) is 49.4 Å². The second-order valence-electron chi connectivity index (χ2n) is 8.41. The van der Waals surface area contributed by atoms with Crippen LogP contribution < -0.4 is 0 Å². The number of carboxylic acids is 1. The monoisotopic (exact) mass is 474 g/mol. The summed E-state index contributed by atoms with van der Waals surface area (Å²) in [5.74, 6) is -0.953. The first kappa shape index (κ1) is 22.8. The predicted molar refractivity (Wildman–Crippen MR) is 127 cm³/mol. The molecule has 32 heavy (non-hydrogen) atoms. The van der Waals surface area contributed by atoms with Crippen LogP contribution in [0.2, 0.25) is 5.02 Å². The number of aliphatic carboxylic acids is 1. The quantitative estimate of drug-likeness (QED) is 0.464. The van der Waals surface area contributed by atoms with Crippen molar-refractivity contribution >= 4 is 38.5 Å². The topological polar surface area (TPSA) is 90.5 Å². The molecule has 2 aromatic carbocycles. The third-order valence-electron chi connectivity index (χ3n) is 6.36. The van der Waals surface area contributed by atoms with Crippen LogP contribution in [0.25, 0.3) is 22.2 Å². The van der Waals surface area contributed by atoms with Crippen LogP contribution in [0.3, 0.4) is 0 Å². The van der Waals surface area contributed by atoms with E-state index >= 15 is 0 Å². The zero-order valence-corrected chi connectivity index (χ0v) is 19.5. The summed E-state index contributed by atoms with van der Waals surface area (Å²) in [5.41, 5.74) is 2.61. The van der Waals surface area contributed by atoms with Crippen molar-refractivity contribution in [2.24, 2.45) is 0 Å². The molecule has 1 aliphatic rings. The third kappa shape index (κ3) is 4.42. The van der Waals surface area contributed by atoms with Gasteiger partial charge in [0.1, 0.15) is 4.90 Å². The standard InChI is InChI=1S/C24H27ClN2O4S/c1-27(17-8-4-2-3-5-9-17)32(30,31)22-14-16(12-13-20(22)25)24-19(15-23(28)29)18-10-6-7-11-21(18)26-24/h6-7,10-14,17,26H,2-5,8-9,15H2,1H3,(H,28,29). The van der Waals surface area contributed by atoms with Gasteiger partial charge in [0, 0.05) is 24.0 Å². The van der Waals surface area contributed by atoms with E-state index in [2.05, 4.69) is 4.98 Å². The molecule has 4 rings (SSSR count). The average Bonchev–Trinajstić information content (AvgIpc) is 2.93. The number of hydrogen-bond donors (Lipinski definition) is 2. The largest absolute Gasteiger partial charge is 0.481 e. The number of aromatic nitrogens is 1. The molecule has 3 aromatic rings. The van der Waals surface area contributed by atoms with Gasteiger partial charge in [-0.05, 0) is 42.2 Å². The number of sulfonamides is 1. The number of fused-ring (bicyclic) bond motifs is 1. The fourth-order valence-corrected chi connectivity index (χ4v) is 6.52. The van der Waals surface area contributed by atoms with Crippen molar-refractivity contribution in [3.8, 4) is 11.3 Å². The van der Waals surface area contributed by atoms with E-state index in [4.69, 9.17) is 11.6 Å². The van der Waals surface area contributed by atoms with Gasteiger partial charge in [-0.2, -0.15) is 4.31 Å². The van der Waals surface area contributed by atoms with Gasteiger partial charge in [0.25, 0.3) is 0 Å². The minimum atomic E-state index is -3.81. The highest BCUT2D eigenvalue weighted by Gasteiger charge is 2.30. The SMILES string of the molecule is CN(C1CCCCCC1)S(=O)(=O)c1cc(-c2[nH]c3ccccc3c2CC(=O)O)ccc1Cl. The highest BCUT2D eigenvalue weighted by molar-refractivity contribution is 7.89. The lowest BCUT2D eigenvalue weighted by Crippen LogP contribution is -2.36. The maximum atomic E-state index is 13.5. The highest BCUT2D eigenvalue weighted by Crippen LogP contribution is 2.36. The highest BCUT2D eigenvalue weighted by atomic mass is 35.5. The lowest BCUT2D eigenvalue weighted by molar-refractivity contribution is -0.136. The van der Waals surface area contributed by atoms with Crippen molar-refractivity contribution in [2.45, 2.75) is 55.9 Å². The molecular formula is C24H27ClN2O4S. The maximum Gasteiger partial charge on any atom is 0.307 e. The number of carboxylic acid groups (broad SMARTS) is 1. The average molecular weight is 475 g/mol. The first-order valence-electron chi connectivity index (χ1n) is 10.9. The number of hydrogen-bond acceptors (Lipinski definition) is 3. The Morgan fingerprint density at radius 2 is 1.81 bits per heavy atom. The van der Waals surface area contributed by atoms with Crippen LogP contribution in [-0.4, -0.2) is 41.9 Å². The molecule has 0 bridgehead atoms. The molecule has 6 nitrogen and oxygen atoms in total. The van der Waals surface area contributed by atoms with Crippen LogP contribution in [0.15, 0.2) is 47.4 Å². The Kier molecular flexibility index (Phi) is 6.60. The first-order valence-corrected chi connectivity index (χ1v) is 12.7. The molecule has 1 aromatic heterocycles. The summed E-state index contributed by atoms with van der Waals surface area (Å²) in [7, 11) is -2.18.